The predicted octanol–water partition coefficient (Wildman–Crippen LogP) is 3.20. The Morgan fingerprint density at radius 1 is 1.21 bits per heavy atom. The first-order valence-corrected chi connectivity index (χ1v) is 6.30. The highest BCUT2D eigenvalue weighted by Gasteiger charge is 2.33. The molecule has 1 heteroatoms. The lowest BCUT2D eigenvalue weighted by Crippen LogP contribution is -2.30. The van der Waals surface area contributed by atoms with Gasteiger partial charge in [-0.05, 0) is 55.9 Å². The topological polar surface area (TPSA) is 12.0 Å². The summed E-state index contributed by atoms with van der Waals surface area (Å²) in [7, 11) is 0. The summed E-state index contributed by atoms with van der Waals surface area (Å²) in [5.41, 5.74) is 0.628. The largest absolute Gasteiger partial charge is 0.313 e. The third kappa shape index (κ3) is 2.73. The third-order valence-corrected chi connectivity index (χ3v) is 4.24. The van der Waals surface area contributed by atoms with Crippen molar-refractivity contribution in [2.75, 3.05) is 6.54 Å². The fraction of sp³-hybridized carbons (Fsp3) is 1.00. The van der Waals surface area contributed by atoms with Gasteiger partial charge in [0.1, 0.15) is 0 Å². The summed E-state index contributed by atoms with van der Waals surface area (Å²) >= 11 is 0. The molecule has 0 unspecified atom stereocenters. The molecule has 0 radical (unpaired) electrons. The van der Waals surface area contributed by atoms with Gasteiger partial charge in [0.2, 0.25) is 0 Å². The quantitative estimate of drug-likeness (QED) is 0.729. The molecule has 2 aliphatic carbocycles. The van der Waals surface area contributed by atoms with Crippen LogP contribution in [-0.2, 0) is 0 Å². The molecule has 14 heavy (non-hydrogen) atoms. The Morgan fingerprint density at radius 2 is 1.79 bits per heavy atom. The molecule has 1 N–H and O–H groups in total. The van der Waals surface area contributed by atoms with Crippen molar-refractivity contribution in [1.29, 1.82) is 0 Å². The van der Waals surface area contributed by atoms with E-state index in [4.69, 9.17) is 0 Å². The lowest BCUT2D eigenvalue weighted by Gasteiger charge is -2.34. The molecule has 2 aliphatic rings. The van der Waals surface area contributed by atoms with Gasteiger partial charge in [0.15, 0.2) is 0 Å². The van der Waals surface area contributed by atoms with Crippen LogP contribution < -0.4 is 5.32 Å². The highest BCUT2D eigenvalue weighted by atomic mass is 15.0. The Morgan fingerprint density at radius 3 is 2.29 bits per heavy atom. The van der Waals surface area contributed by atoms with Crippen molar-refractivity contribution in [3.63, 3.8) is 0 Å². The van der Waals surface area contributed by atoms with E-state index in [0.717, 1.165) is 17.9 Å². The lowest BCUT2D eigenvalue weighted by atomic mass is 9.73. The zero-order valence-electron chi connectivity index (χ0n) is 9.97. The molecule has 2 atom stereocenters. The van der Waals surface area contributed by atoms with Crippen LogP contribution in [-0.4, -0.2) is 12.6 Å². The van der Waals surface area contributed by atoms with E-state index in [-0.39, 0.29) is 0 Å². The zero-order valence-corrected chi connectivity index (χ0v) is 9.97. The summed E-state index contributed by atoms with van der Waals surface area (Å²) in [5, 5.41) is 3.70. The number of nitrogens with one attached hydrogen (secondary N) is 1. The first kappa shape index (κ1) is 10.5. The minimum atomic E-state index is 0.628. The van der Waals surface area contributed by atoms with E-state index in [2.05, 4.69) is 26.1 Å². The minimum absolute atomic E-state index is 0.628. The van der Waals surface area contributed by atoms with Gasteiger partial charge in [-0.1, -0.05) is 20.8 Å². The maximum atomic E-state index is 3.70. The van der Waals surface area contributed by atoms with Crippen molar-refractivity contribution in [2.24, 2.45) is 17.3 Å². The summed E-state index contributed by atoms with van der Waals surface area (Å²) in [6.07, 6.45) is 7.17. The molecule has 0 heterocycles. The summed E-state index contributed by atoms with van der Waals surface area (Å²) in [6, 6.07) is 0.866. The van der Waals surface area contributed by atoms with Gasteiger partial charge in [-0.25, -0.2) is 0 Å². The molecular formula is C13H25N. The zero-order chi connectivity index (χ0) is 10.2. The second-order valence-electron chi connectivity index (χ2n) is 6.34. The van der Waals surface area contributed by atoms with Crippen LogP contribution in [0, 0.1) is 17.3 Å². The van der Waals surface area contributed by atoms with Gasteiger partial charge in [0.05, 0.1) is 0 Å². The van der Waals surface area contributed by atoms with E-state index in [9.17, 15) is 0 Å². The molecule has 0 saturated heterocycles. The normalized spacial score (nSPS) is 37.1. The van der Waals surface area contributed by atoms with Gasteiger partial charge in [-0.2, -0.15) is 0 Å². The molecule has 2 fully saturated rings. The van der Waals surface area contributed by atoms with E-state index in [0.29, 0.717) is 5.41 Å². The summed E-state index contributed by atoms with van der Waals surface area (Å²) in [6.45, 7) is 8.46. The summed E-state index contributed by atoms with van der Waals surface area (Å²) < 4.78 is 0. The Hall–Kier alpha value is -0.0400. The highest BCUT2D eigenvalue weighted by Crippen LogP contribution is 2.38. The van der Waals surface area contributed by atoms with Crippen LogP contribution in [0.5, 0.6) is 0 Å². The summed E-state index contributed by atoms with van der Waals surface area (Å²) in [5.74, 6) is 1.92. The Labute approximate surface area is 88.7 Å². The number of hydrogen-bond donors (Lipinski definition) is 1. The smallest absolute Gasteiger partial charge is 0.00965 e. The molecule has 0 aromatic carbocycles. The van der Waals surface area contributed by atoms with Gasteiger partial charge in [-0.3, -0.25) is 0 Å². The minimum Gasteiger partial charge on any atom is -0.313 e. The van der Waals surface area contributed by atoms with Crippen LogP contribution in [0.15, 0.2) is 0 Å². The second-order valence-corrected chi connectivity index (χ2v) is 6.34. The van der Waals surface area contributed by atoms with Crippen LogP contribution in [0.25, 0.3) is 0 Å². The molecule has 82 valence electrons. The van der Waals surface area contributed by atoms with E-state index in [1.54, 1.807) is 0 Å². The first-order valence-electron chi connectivity index (χ1n) is 6.30. The maximum Gasteiger partial charge on any atom is 0.00965 e. The van der Waals surface area contributed by atoms with Crippen molar-refractivity contribution in [2.45, 2.75) is 58.9 Å². The van der Waals surface area contributed by atoms with Gasteiger partial charge >= 0.3 is 0 Å². The Bertz CT molecular complexity index is 187. The molecule has 2 rings (SSSR count). The molecule has 2 saturated carbocycles. The third-order valence-electron chi connectivity index (χ3n) is 4.24. The van der Waals surface area contributed by atoms with Crippen LogP contribution >= 0.6 is 0 Å². The van der Waals surface area contributed by atoms with Crippen molar-refractivity contribution >= 4 is 0 Å². The van der Waals surface area contributed by atoms with Gasteiger partial charge < -0.3 is 5.32 Å². The van der Waals surface area contributed by atoms with Crippen LogP contribution in [0.3, 0.4) is 0 Å². The molecule has 1 nitrogen and oxygen atoms in total. The fourth-order valence-corrected chi connectivity index (χ4v) is 2.59. The average Bonchev–Trinajstić information content (AvgIpc) is 2.80. The fourth-order valence-electron chi connectivity index (χ4n) is 2.59. The molecule has 0 amide bonds. The van der Waals surface area contributed by atoms with Crippen molar-refractivity contribution in [3.8, 4) is 0 Å². The molecule has 0 bridgehead atoms. The molecule has 0 spiro atoms. The SMILES string of the molecule is C[C@@H]1C[C@H]1NCC1CCC(C)(C)CC1. The van der Waals surface area contributed by atoms with Crippen molar-refractivity contribution < 1.29 is 0 Å². The van der Waals surface area contributed by atoms with Crippen molar-refractivity contribution in [1.82, 2.24) is 5.32 Å². The van der Waals surface area contributed by atoms with Crippen molar-refractivity contribution in [3.05, 3.63) is 0 Å². The average molecular weight is 195 g/mol. The maximum absolute atomic E-state index is 3.70. The van der Waals surface area contributed by atoms with Gasteiger partial charge in [0, 0.05) is 6.04 Å². The molecular weight excluding hydrogens is 170 g/mol. The first-order chi connectivity index (χ1) is 6.57. The van der Waals surface area contributed by atoms with E-state index < -0.39 is 0 Å². The monoisotopic (exact) mass is 195 g/mol. The van der Waals surface area contributed by atoms with E-state index in [1.807, 2.05) is 0 Å². The van der Waals surface area contributed by atoms with Crippen LogP contribution in [0.1, 0.15) is 52.9 Å². The van der Waals surface area contributed by atoms with Crippen LogP contribution in [0.4, 0.5) is 0 Å². The molecule has 0 aromatic heterocycles. The van der Waals surface area contributed by atoms with Gasteiger partial charge in [-0.15, -0.1) is 0 Å². The Balaban J connectivity index is 1.63. The van der Waals surface area contributed by atoms with Gasteiger partial charge in [0.25, 0.3) is 0 Å². The lowest BCUT2D eigenvalue weighted by molar-refractivity contribution is 0.188. The standard InChI is InChI=1S/C13H25N/c1-10-8-12(10)14-9-11-4-6-13(2,3)7-5-11/h10-12,14H,4-9H2,1-3H3/t10-,12-/m1/s1. The number of hydrogen-bond acceptors (Lipinski definition) is 1. The van der Waals surface area contributed by atoms with E-state index >= 15 is 0 Å². The molecule has 0 aromatic rings. The second kappa shape index (κ2) is 3.84. The highest BCUT2D eigenvalue weighted by molar-refractivity contribution is 4.90. The number of rotatable bonds is 3. The van der Waals surface area contributed by atoms with E-state index in [1.165, 1.54) is 38.6 Å². The summed E-state index contributed by atoms with van der Waals surface area (Å²) in [4.78, 5) is 0. The predicted molar refractivity (Wildman–Crippen MR) is 61.3 cm³/mol. The Kier molecular flexibility index (Phi) is 2.88. The van der Waals surface area contributed by atoms with Crippen LogP contribution in [0.2, 0.25) is 0 Å². The molecule has 0 aliphatic heterocycles.